The number of carbonyl (C=O) groups is 1. The van der Waals surface area contributed by atoms with Crippen LogP contribution in [0.2, 0.25) is 0 Å². The minimum atomic E-state index is -0.0977. The fourth-order valence-electron chi connectivity index (χ4n) is 2.78. The second-order valence-electron chi connectivity index (χ2n) is 6.00. The highest BCUT2D eigenvalue weighted by Gasteiger charge is 2.14. The maximum Gasteiger partial charge on any atom is 0.251 e. The summed E-state index contributed by atoms with van der Waals surface area (Å²) < 4.78 is 10.8. The van der Waals surface area contributed by atoms with Crippen LogP contribution in [0, 0.1) is 6.92 Å². The Bertz CT molecular complexity index is 1060. The summed E-state index contributed by atoms with van der Waals surface area (Å²) in [6.07, 6.45) is 2.22. The molecule has 0 spiro atoms. The summed E-state index contributed by atoms with van der Waals surface area (Å²) in [6.45, 7) is 1.83. The Morgan fingerprint density at radius 1 is 1.08 bits per heavy atom. The second kappa shape index (κ2) is 6.84. The third-order valence-electron chi connectivity index (χ3n) is 4.16. The van der Waals surface area contributed by atoms with E-state index in [1.165, 1.54) is 0 Å². The topological polar surface area (TPSA) is 81.2 Å². The fourth-order valence-corrected chi connectivity index (χ4v) is 2.78. The molecule has 26 heavy (non-hydrogen) atoms. The Morgan fingerprint density at radius 3 is 2.73 bits per heavy atom. The van der Waals surface area contributed by atoms with E-state index >= 15 is 0 Å². The van der Waals surface area contributed by atoms with E-state index < -0.39 is 0 Å². The Hall–Kier alpha value is -3.41. The van der Waals surface area contributed by atoms with Crippen molar-refractivity contribution >= 4 is 22.4 Å². The van der Waals surface area contributed by atoms with Gasteiger partial charge in [0.05, 0.1) is 11.8 Å². The van der Waals surface area contributed by atoms with E-state index in [4.69, 9.17) is 8.83 Å². The van der Waals surface area contributed by atoms with Crippen LogP contribution in [0.5, 0.6) is 0 Å². The van der Waals surface area contributed by atoms with E-state index in [1.54, 1.807) is 12.3 Å². The number of benzene rings is 2. The van der Waals surface area contributed by atoms with Crippen molar-refractivity contribution in [2.24, 2.45) is 0 Å². The fraction of sp³-hybridized carbons (Fsp3) is 0.150. The first-order valence-corrected chi connectivity index (χ1v) is 8.34. The van der Waals surface area contributed by atoms with Crippen LogP contribution in [0.15, 0.2) is 63.6 Å². The maximum absolute atomic E-state index is 12.2. The summed E-state index contributed by atoms with van der Waals surface area (Å²) in [7, 11) is 0. The third-order valence-corrected chi connectivity index (χ3v) is 4.16. The van der Waals surface area contributed by atoms with Crippen LogP contribution in [-0.2, 0) is 11.2 Å². The van der Waals surface area contributed by atoms with Gasteiger partial charge in [-0.2, -0.15) is 0 Å². The van der Waals surface area contributed by atoms with Crippen molar-refractivity contribution in [2.75, 3.05) is 5.32 Å². The van der Waals surface area contributed by atoms with Gasteiger partial charge in [-0.15, -0.1) is 10.2 Å². The number of hydrogen-bond acceptors (Lipinski definition) is 5. The van der Waals surface area contributed by atoms with Crippen LogP contribution in [0.4, 0.5) is 5.69 Å². The number of aryl methyl sites for hydroxylation is 2. The van der Waals surface area contributed by atoms with E-state index in [9.17, 15) is 4.79 Å². The zero-order valence-corrected chi connectivity index (χ0v) is 14.2. The molecule has 0 saturated carbocycles. The van der Waals surface area contributed by atoms with Gasteiger partial charge in [-0.25, -0.2) is 0 Å². The summed E-state index contributed by atoms with van der Waals surface area (Å²) in [5, 5.41) is 13.1. The molecule has 1 amide bonds. The van der Waals surface area contributed by atoms with Gasteiger partial charge in [-0.1, -0.05) is 30.3 Å². The molecule has 0 aliphatic carbocycles. The largest absolute Gasteiger partial charge is 0.469 e. The Labute approximate surface area is 149 Å². The van der Waals surface area contributed by atoms with Gasteiger partial charge < -0.3 is 14.2 Å². The molecule has 2 aromatic heterocycles. The van der Waals surface area contributed by atoms with Gasteiger partial charge in [0.2, 0.25) is 11.8 Å². The van der Waals surface area contributed by atoms with Crippen LogP contribution in [0.1, 0.15) is 18.1 Å². The molecular formula is C20H17N3O3. The predicted octanol–water partition coefficient (Wildman–Crippen LogP) is 4.36. The van der Waals surface area contributed by atoms with Crippen LogP contribution in [0.25, 0.3) is 22.2 Å². The highest BCUT2D eigenvalue weighted by atomic mass is 16.4. The number of nitrogens with zero attached hydrogens (tertiary/aromatic N) is 2. The molecule has 0 radical (unpaired) electrons. The first-order valence-electron chi connectivity index (χ1n) is 8.34. The molecule has 0 bridgehead atoms. The lowest BCUT2D eigenvalue weighted by Gasteiger charge is -2.06. The maximum atomic E-state index is 12.2. The smallest absolute Gasteiger partial charge is 0.251 e. The summed E-state index contributed by atoms with van der Waals surface area (Å²) in [4.78, 5) is 12.2. The van der Waals surface area contributed by atoms with Crippen LogP contribution in [0.3, 0.4) is 0 Å². The normalized spacial score (nSPS) is 11.0. The van der Waals surface area contributed by atoms with Gasteiger partial charge in [-0.3, -0.25) is 4.79 Å². The highest BCUT2D eigenvalue weighted by molar-refractivity contribution is 5.94. The van der Waals surface area contributed by atoms with E-state index in [1.807, 2.05) is 49.4 Å². The summed E-state index contributed by atoms with van der Waals surface area (Å²) in [5.74, 6) is 1.45. The highest BCUT2D eigenvalue weighted by Crippen LogP contribution is 2.23. The molecule has 0 atom stereocenters. The van der Waals surface area contributed by atoms with Crippen molar-refractivity contribution in [3.05, 3.63) is 66.4 Å². The monoisotopic (exact) mass is 347 g/mol. The Morgan fingerprint density at radius 2 is 1.92 bits per heavy atom. The molecule has 0 saturated heterocycles. The zero-order valence-electron chi connectivity index (χ0n) is 14.2. The molecule has 4 aromatic rings. The Balaban J connectivity index is 1.38. The molecule has 0 aliphatic rings. The van der Waals surface area contributed by atoms with Crippen molar-refractivity contribution < 1.29 is 13.6 Å². The zero-order chi connectivity index (χ0) is 17.9. The van der Waals surface area contributed by atoms with Crippen molar-refractivity contribution in [3.8, 4) is 11.5 Å². The van der Waals surface area contributed by atoms with E-state index in [-0.39, 0.29) is 12.3 Å². The molecule has 6 heteroatoms. The quantitative estimate of drug-likeness (QED) is 0.580. The lowest BCUT2D eigenvalue weighted by atomic mass is 10.1. The van der Waals surface area contributed by atoms with E-state index in [0.717, 1.165) is 22.0 Å². The number of amides is 1. The molecule has 2 heterocycles. The average Bonchev–Trinajstić information content (AvgIpc) is 3.28. The van der Waals surface area contributed by atoms with Crippen molar-refractivity contribution in [3.63, 3.8) is 0 Å². The summed E-state index contributed by atoms with van der Waals surface area (Å²) in [6, 6.07) is 15.6. The van der Waals surface area contributed by atoms with E-state index in [0.29, 0.717) is 24.0 Å². The third kappa shape index (κ3) is 3.35. The van der Waals surface area contributed by atoms with Crippen LogP contribution in [-0.4, -0.2) is 16.1 Å². The predicted molar refractivity (Wildman–Crippen MR) is 97.6 cm³/mol. The van der Waals surface area contributed by atoms with Gasteiger partial charge in [-0.05, 0) is 35.9 Å². The molecular weight excluding hydrogens is 330 g/mol. The minimum Gasteiger partial charge on any atom is -0.469 e. The number of anilines is 1. The van der Waals surface area contributed by atoms with Crippen LogP contribution < -0.4 is 5.32 Å². The number of aromatic nitrogens is 2. The molecule has 0 fully saturated rings. The van der Waals surface area contributed by atoms with Gasteiger partial charge in [0.25, 0.3) is 5.89 Å². The molecule has 6 nitrogen and oxygen atoms in total. The number of fused-ring (bicyclic) bond motifs is 1. The summed E-state index contributed by atoms with van der Waals surface area (Å²) in [5.41, 5.74) is 1.54. The molecule has 1 N–H and O–H groups in total. The number of nitrogens with one attached hydrogen (secondary N) is 1. The van der Waals surface area contributed by atoms with Crippen molar-refractivity contribution in [2.45, 2.75) is 19.8 Å². The summed E-state index contributed by atoms with van der Waals surface area (Å²) >= 11 is 0. The first-order chi connectivity index (χ1) is 12.7. The van der Waals surface area contributed by atoms with Crippen molar-refractivity contribution in [1.82, 2.24) is 10.2 Å². The number of hydrogen-bond donors (Lipinski definition) is 1. The molecule has 4 rings (SSSR count). The molecule has 2 aromatic carbocycles. The molecule has 130 valence electrons. The van der Waals surface area contributed by atoms with Gasteiger partial charge >= 0.3 is 0 Å². The van der Waals surface area contributed by atoms with Gasteiger partial charge in [0.1, 0.15) is 5.76 Å². The second-order valence-corrected chi connectivity index (χ2v) is 6.00. The molecule has 0 aliphatic heterocycles. The van der Waals surface area contributed by atoms with E-state index in [2.05, 4.69) is 15.5 Å². The number of furan rings is 1. The first kappa shape index (κ1) is 16.1. The number of rotatable bonds is 5. The lowest BCUT2D eigenvalue weighted by molar-refractivity contribution is -0.116. The van der Waals surface area contributed by atoms with Crippen LogP contribution >= 0.6 is 0 Å². The SMILES string of the molecule is Cc1occc1-c1nnc(CCC(=O)Nc2ccc3ccccc3c2)o1. The number of carbonyl (C=O) groups excluding carboxylic acids is 1. The van der Waals surface area contributed by atoms with Crippen molar-refractivity contribution in [1.29, 1.82) is 0 Å². The van der Waals surface area contributed by atoms with Gasteiger partial charge in [0, 0.05) is 18.5 Å². The van der Waals surface area contributed by atoms with Gasteiger partial charge in [0.15, 0.2) is 0 Å². The standard InChI is InChI=1S/C20H17N3O3/c1-13-17(10-11-25-13)20-23-22-19(26-20)9-8-18(24)21-16-7-6-14-4-2-3-5-15(14)12-16/h2-7,10-12H,8-9H2,1H3,(H,21,24). The Kier molecular flexibility index (Phi) is 4.23. The minimum absolute atomic E-state index is 0.0977. The average molecular weight is 347 g/mol. The molecule has 0 unspecified atom stereocenters. The lowest BCUT2D eigenvalue weighted by Crippen LogP contribution is -2.12.